The van der Waals surface area contributed by atoms with Crippen LogP contribution in [-0.2, 0) is 12.8 Å². The van der Waals surface area contributed by atoms with Crippen molar-refractivity contribution in [2.75, 3.05) is 0 Å². The number of benzene rings is 2. The van der Waals surface area contributed by atoms with Crippen LogP contribution in [0.4, 0.5) is 0 Å². The SMILES string of the molecule is CCc1ccc(Sc2ccc(C#N)cc2)c(CC)c1. The van der Waals surface area contributed by atoms with Crippen molar-refractivity contribution in [3.05, 3.63) is 59.2 Å². The first kappa shape index (κ1) is 13.7. The molecule has 96 valence electrons. The lowest BCUT2D eigenvalue weighted by Crippen LogP contribution is -1.89. The van der Waals surface area contributed by atoms with E-state index in [4.69, 9.17) is 5.26 Å². The number of nitriles is 1. The van der Waals surface area contributed by atoms with Crippen molar-refractivity contribution in [3.63, 3.8) is 0 Å². The quantitative estimate of drug-likeness (QED) is 0.792. The maximum Gasteiger partial charge on any atom is 0.0991 e. The van der Waals surface area contributed by atoms with Crippen molar-refractivity contribution in [2.24, 2.45) is 0 Å². The summed E-state index contributed by atoms with van der Waals surface area (Å²) < 4.78 is 0. The van der Waals surface area contributed by atoms with Gasteiger partial charge in [-0.25, -0.2) is 0 Å². The van der Waals surface area contributed by atoms with E-state index in [1.54, 1.807) is 11.8 Å². The van der Waals surface area contributed by atoms with Crippen molar-refractivity contribution < 1.29 is 0 Å². The van der Waals surface area contributed by atoms with Gasteiger partial charge in [0.2, 0.25) is 0 Å². The molecule has 0 spiro atoms. The van der Waals surface area contributed by atoms with Crippen LogP contribution < -0.4 is 0 Å². The average molecular weight is 267 g/mol. The van der Waals surface area contributed by atoms with Crippen LogP contribution in [0.15, 0.2) is 52.3 Å². The molecule has 0 aliphatic carbocycles. The lowest BCUT2D eigenvalue weighted by atomic mass is 10.1. The van der Waals surface area contributed by atoms with Gasteiger partial charge >= 0.3 is 0 Å². The number of aryl methyl sites for hydroxylation is 2. The molecule has 0 heterocycles. The van der Waals surface area contributed by atoms with E-state index in [1.807, 2.05) is 24.3 Å². The molecule has 0 amide bonds. The minimum Gasteiger partial charge on any atom is -0.192 e. The Bertz CT molecular complexity index is 594. The topological polar surface area (TPSA) is 23.8 Å². The Hall–Kier alpha value is -1.72. The highest BCUT2D eigenvalue weighted by atomic mass is 32.2. The van der Waals surface area contributed by atoms with Gasteiger partial charge in [0.05, 0.1) is 11.6 Å². The normalized spacial score (nSPS) is 10.2. The molecule has 2 aromatic rings. The summed E-state index contributed by atoms with van der Waals surface area (Å²) in [6.45, 7) is 4.37. The molecule has 2 heteroatoms. The Morgan fingerprint density at radius 1 is 1.00 bits per heavy atom. The Labute approximate surface area is 119 Å². The van der Waals surface area contributed by atoms with Crippen LogP contribution in [0.25, 0.3) is 0 Å². The van der Waals surface area contributed by atoms with Crippen LogP contribution in [0.3, 0.4) is 0 Å². The van der Waals surface area contributed by atoms with Gasteiger partial charge in [0.15, 0.2) is 0 Å². The second-order valence-electron chi connectivity index (χ2n) is 4.39. The third-order valence-corrected chi connectivity index (χ3v) is 4.25. The van der Waals surface area contributed by atoms with Crippen LogP contribution in [-0.4, -0.2) is 0 Å². The molecular formula is C17H17NS. The minimum atomic E-state index is 0.710. The van der Waals surface area contributed by atoms with Gasteiger partial charge in [0.1, 0.15) is 0 Å². The molecule has 19 heavy (non-hydrogen) atoms. The van der Waals surface area contributed by atoms with Gasteiger partial charge in [0.25, 0.3) is 0 Å². The first-order valence-electron chi connectivity index (χ1n) is 6.56. The first-order valence-corrected chi connectivity index (χ1v) is 7.38. The molecule has 0 aromatic heterocycles. The highest BCUT2D eigenvalue weighted by molar-refractivity contribution is 7.99. The Kier molecular flexibility index (Phi) is 4.65. The van der Waals surface area contributed by atoms with Gasteiger partial charge in [0, 0.05) is 9.79 Å². The van der Waals surface area contributed by atoms with Gasteiger partial charge in [-0.05, 0) is 54.3 Å². The second kappa shape index (κ2) is 6.45. The van der Waals surface area contributed by atoms with Crippen LogP contribution in [0.1, 0.15) is 30.5 Å². The van der Waals surface area contributed by atoms with E-state index in [1.165, 1.54) is 20.9 Å². The minimum absolute atomic E-state index is 0.710. The molecule has 0 radical (unpaired) electrons. The van der Waals surface area contributed by atoms with Gasteiger partial charge in [-0.2, -0.15) is 5.26 Å². The van der Waals surface area contributed by atoms with Crippen molar-refractivity contribution in [3.8, 4) is 6.07 Å². The van der Waals surface area contributed by atoms with Gasteiger partial charge in [-0.3, -0.25) is 0 Å². The molecule has 0 aliphatic heterocycles. The lowest BCUT2D eigenvalue weighted by molar-refractivity contribution is 1.04. The molecule has 0 atom stereocenters. The number of rotatable bonds is 4. The van der Waals surface area contributed by atoms with E-state index >= 15 is 0 Å². The molecule has 2 rings (SSSR count). The Morgan fingerprint density at radius 3 is 2.32 bits per heavy atom. The predicted molar refractivity (Wildman–Crippen MR) is 80.5 cm³/mol. The maximum absolute atomic E-state index is 8.80. The van der Waals surface area contributed by atoms with Gasteiger partial charge < -0.3 is 0 Å². The summed E-state index contributed by atoms with van der Waals surface area (Å²) in [6, 6.07) is 16.6. The molecule has 0 saturated carbocycles. The summed E-state index contributed by atoms with van der Waals surface area (Å²) in [4.78, 5) is 2.49. The molecule has 0 unspecified atom stereocenters. The average Bonchev–Trinajstić information content (AvgIpc) is 2.48. The van der Waals surface area contributed by atoms with E-state index in [9.17, 15) is 0 Å². The molecule has 0 aliphatic rings. The molecule has 0 saturated heterocycles. The van der Waals surface area contributed by atoms with Crippen LogP contribution in [0.2, 0.25) is 0 Å². The lowest BCUT2D eigenvalue weighted by Gasteiger charge is -2.09. The second-order valence-corrected chi connectivity index (χ2v) is 5.50. The Morgan fingerprint density at radius 2 is 1.74 bits per heavy atom. The van der Waals surface area contributed by atoms with Crippen LogP contribution in [0.5, 0.6) is 0 Å². The number of hydrogen-bond donors (Lipinski definition) is 0. The van der Waals surface area contributed by atoms with E-state index in [0.29, 0.717) is 5.56 Å². The van der Waals surface area contributed by atoms with E-state index < -0.39 is 0 Å². The van der Waals surface area contributed by atoms with E-state index in [2.05, 4.69) is 38.1 Å². The van der Waals surface area contributed by atoms with E-state index in [-0.39, 0.29) is 0 Å². The van der Waals surface area contributed by atoms with Crippen LogP contribution in [0, 0.1) is 11.3 Å². The summed E-state index contributed by atoms with van der Waals surface area (Å²) in [6.07, 6.45) is 2.13. The highest BCUT2D eigenvalue weighted by Crippen LogP contribution is 2.31. The van der Waals surface area contributed by atoms with Crippen molar-refractivity contribution in [1.29, 1.82) is 5.26 Å². The highest BCUT2D eigenvalue weighted by Gasteiger charge is 2.04. The third-order valence-electron chi connectivity index (χ3n) is 3.13. The third kappa shape index (κ3) is 3.39. The first-order chi connectivity index (χ1) is 9.26. The summed E-state index contributed by atoms with van der Waals surface area (Å²) in [5.74, 6) is 0. The van der Waals surface area contributed by atoms with Crippen molar-refractivity contribution >= 4 is 11.8 Å². The Balaban J connectivity index is 2.24. The van der Waals surface area contributed by atoms with Crippen LogP contribution >= 0.6 is 11.8 Å². The number of nitrogens with zero attached hydrogens (tertiary/aromatic N) is 1. The monoisotopic (exact) mass is 267 g/mol. The molecular weight excluding hydrogens is 250 g/mol. The largest absolute Gasteiger partial charge is 0.192 e. The summed E-state index contributed by atoms with van der Waals surface area (Å²) in [7, 11) is 0. The molecule has 1 nitrogen and oxygen atoms in total. The summed E-state index contributed by atoms with van der Waals surface area (Å²) >= 11 is 1.77. The van der Waals surface area contributed by atoms with Crippen molar-refractivity contribution in [1.82, 2.24) is 0 Å². The summed E-state index contributed by atoms with van der Waals surface area (Å²) in [5, 5.41) is 8.80. The molecule has 2 aromatic carbocycles. The van der Waals surface area contributed by atoms with Crippen molar-refractivity contribution in [2.45, 2.75) is 36.5 Å². The van der Waals surface area contributed by atoms with Gasteiger partial charge in [-0.1, -0.05) is 37.7 Å². The fourth-order valence-corrected chi connectivity index (χ4v) is 2.95. The summed E-state index contributed by atoms with van der Waals surface area (Å²) in [5.41, 5.74) is 3.50. The van der Waals surface area contributed by atoms with E-state index in [0.717, 1.165) is 12.8 Å². The smallest absolute Gasteiger partial charge is 0.0991 e. The van der Waals surface area contributed by atoms with Gasteiger partial charge in [-0.15, -0.1) is 0 Å². The zero-order chi connectivity index (χ0) is 13.7. The predicted octanol–water partition coefficient (Wildman–Crippen LogP) is 4.83. The zero-order valence-electron chi connectivity index (χ0n) is 11.3. The zero-order valence-corrected chi connectivity index (χ0v) is 12.1. The number of hydrogen-bond acceptors (Lipinski definition) is 2. The molecule has 0 fully saturated rings. The fraction of sp³-hybridized carbons (Fsp3) is 0.235. The fourth-order valence-electron chi connectivity index (χ4n) is 1.95. The standard InChI is InChI=1S/C17H17NS/c1-3-13-7-10-17(15(4-2)11-13)19-16-8-5-14(12-18)6-9-16/h5-11H,3-4H2,1-2H3. The molecule has 0 N–H and O–H groups in total. The molecule has 0 bridgehead atoms. The maximum atomic E-state index is 8.80.